The summed E-state index contributed by atoms with van der Waals surface area (Å²) in [7, 11) is 0. The highest BCUT2D eigenvalue weighted by atomic mass is 79.9. The predicted molar refractivity (Wildman–Crippen MR) is 66.0 cm³/mol. The Hall–Kier alpha value is -1.85. The molecule has 1 aromatic carbocycles. The number of hydrogen-bond donors (Lipinski definition) is 0. The van der Waals surface area contributed by atoms with Crippen LogP contribution in [0.25, 0.3) is 0 Å². The van der Waals surface area contributed by atoms with Gasteiger partial charge in [-0.1, -0.05) is 22.0 Å². The van der Waals surface area contributed by atoms with Crippen molar-refractivity contribution in [2.45, 2.75) is 6.92 Å². The Morgan fingerprint density at radius 3 is 2.47 bits per heavy atom. The van der Waals surface area contributed by atoms with Gasteiger partial charge in [-0.05, 0) is 24.6 Å². The number of carbonyl (C=O) groups excluding carboxylic acids is 1. The lowest BCUT2D eigenvalue weighted by atomic mass is 10.1. The average molecular weight is 292 g/mol. The van der Waals surface area contributed by atoms with Gasteiger partial charge in [-0.2, -0.15) is 10.5 Å². The number of rotatable bonds is 3. The smallest absolute Gasteiger partial charge is 0.255 e. The van der Waals surface area contributed by atoms with Crippen LogP contribution in [0, 0.1) is 29.6 Å². The summed E-state index contributed by atoms with van der Waals surface area (Å²) >= 11 is 3.29. The molecule has 0 saturated carbocycles. The monoisotopic (exact) mass is 291 g/mol. The molecule has 0 N–H and O–H groups in total. The van der Waals surface area contributed by atoms with Gasteiger partial charge in [0.15, 0.2) is 0 Å². The van der Waals surface area contributed by atoms with Gasteiger partial charge in [-0.3, -0.25) is 4.79 Å². The maximum atomic E-state index is 12.1. The van der Waals surface area contributed by atoms with Crippen LogP contribution in [0.3, 0.4) is 0 Å². The third kappa shape index (κ3) is 3.30. The number of amides is 1. The largest absolute Gasteiger partial charge is 0.312 e. The number of nitriles is 2. The molecule has 0 aliphatic carbocycles. The average Bonchev–Trinajstić information content (AvgIpc) is 2.31. The second-order valence-corrected chi connectivity index (χ2v) is 4.35. The summed E-state index contributed by atoms with van der Waals surface area (Å²) in [5.41, 5.74) is 1.32. The standard InChI is InChI=1S/C12H10BrN3O/c1-9-2-3-10(13)8-11(9)12(17)16(6-4-14)7-5-15/h2-3,8H,6-7H2,1H3. The topological polar surface area (TPSA) is 67.9 Å². The molecule has 1 rings (SSSR count). The van der Waals surface area contributed by atoms with Crippen LogP contribution >= 0.6 is 15.9 Å². The first-order valence-electron chi connectivity index (χ1n) is 4.89. The molecule has 0 aromatic heterocycles. The van der Waals surface area contributed by atoms with E-state index in [1.807, 2.05) is 31.2 Å². The zero-order valence-electron chi connectivity index (χ0n) is 9.27. The van der Waals surface area contributed by atoms with E-state index in [1.54, 1.807) is 6.07 Å². The van der Waals surface area contributed by atoms with E-state index in [2.05, 4.69) is 15.9 Å². The molecule has 0 fully saturated rings. The Labute approximate surface area is 108 Å². The van der Waals surface area contributed by atoms with E-state index in [0.717, 1.165) is 10.0 Å². The minimum atomic E-state index is -0.299. The van der Waals surface area contributed by atoms with E-state index in [0.29, 0.717) is 5.56 Å². The molecule has 0 radical (unpaired) electrons. The quantitative estimate of drug-likeness (QED) is 0.802. The van der Waals surface area contributed by atoms with Gasteiger partial charge in [-0.25, -0.2) is 0 Å². The molecule has 86 valence electrons. The van der Waals surface area contributed by atoms with Crippen LogP contribution in [0.2, 0.25) is 0 Å². The number of hydrogen-bond acceptors (Lipinski definition) is 3. The van der Waals surface area contributed by atoms with Crippen molar-refractivity contribution in [1.82, 2.24) is 4.90 Å². The van der Waals surface area contributed by atoms with Crippen molar-refractivity contribution >= 4 is 21.8 Å². The fourth-order valence-electron chi connectivity index (χ4n) is 1.37. The lowest BCUT2D eigenvalue weighted by Gasteiger charge is -2.17. The van der Waals surface area contributed by atoms with Crippen LogP contribution in [0.5, 0.6) is 0 Å². The van der Waals surface area contributed by atoms with Gasteiger partial charge >= 0.3 is 0 Å². The Morgan fingerprint density at radius 2 is 1.94 bits per heavy atom. The molecule has 0 heterocycles. The van der Waals surface area contributed by atoms with Gasteiger partial charge in [0, 0.05) is 10.0 Å². The molecule has 0 aliphatic heterocycles. The fraction of sp³-hybridized carbons (Fsp3) is 0.250. The van der Waals surface area contributed by atoms with Crippen molar-refractivity contribution < 1.29 is 4.79 Å². The molecule has 5 heteroatoms. The van der Waals surface area contributed by atoms with Gasteiger partial charge in [0.05, 0.1) is 12.1 Å². The molecule has 0 spiro atoms. The fourth-order valence-corrected chi connectivity index (χ4v) is 1.73. The summed E-state index contributed by atoms with van der Waals surface area (Å²) in [5.74, 6) is -0.299. The predicted octanol–water partition coefficient (Wildman–Crippen LogP) is 2.25. The van der Waals surface area contributed by atoms with E-state index in [-0.39, 0.29) is 19.0 Å². The maximum absolute atomic E-state index is 12.1. The summed E-state index contributed by atoms with van der Waals surface area (Å²) in [6.07, 6.45) is 0. The Morgan fingerprint density at radius 1 is 1.35 bits per heavy atom. The normalized spacial score (nSPS) is 9.18. The van der Waals surface area contributed by atoms with E-state index >= 15 is 0 Å². The zero-order chi connectivity index (χ0) is 12.8. The summed E-state index contributed by atoms with van der Waals surface area (Å²) in [4.78, 5) is 13.3. The number of benzene rings is 1. The molecule has 0 bridgehead atoms. The van der Waals surface area contributed by atoms with Crippen LogP contribution in [-0.2, 0) is 0 Å². The first-order valence-corrected chi connectivity index (χ1v) is 5.68. The van der Waals surface area contributed by atoms with Gasteiger partial charge in [-0.15, -0.1) is 0 Å². The van der Waals surface area contributed by atoms with Crippen molar-refractivity contribution in [3.05, 3.63) is 33.8 Å². The van der Waals surface area contributed by atoms with Crippen LogP contribution in [0.15, 0.2) is 22.7 Å². The Balaban J connectivity index is 3.06. The second-order valence-electron chi connectivity index (χ2n) is 3.44. The molecule has 17 heavy (non-hydrogen) atoms. The van der Waals surface area contributed by atoms with E-state index in [4.69, 9.17) is 10.5 Å². The van der Waals surface area contributed by atoms with Crippen LogP contribution in [0.4, 0.5) is 0 Å². The van der Waals surface area contributed by atoms with Crippen molar-refractivity contribution in [1.29, 1.82) is 10.5 Å². The molecule has 0 saturated heterocycles. The molecule has 4 nitrogen and oxygen atoms in total. The maximum Gasteiger partial charge on any atom is 0.255 e. The van der Waals surface area contributed by atoms with Gasteiger partial charge < -0.3 is 4.90 Å². The van der Waals surface area contributed by atoms with Gasteiger partial charge in [0.25, 0.3) is 5.91 Å². The van der Waals surface area contributed by atoms with Crippen LogP contribution in [0.1, 0.15) is 15.9 Å². The SMILES string of the molecule is Cc1ccc(Br)cc1C(=O)N(CC#N)CC#N. The van der Waals surface area contributed by atoms with Gasteiger partial charge in [0.1, 0.15) is 13.1 Å². The number of aryl methyl sites for hydroxylation is 1. The summed E-state index contributed by atoms with van der Waals surface area (Å²) in [6, 6.07) is 9.11. The van der Waals surface area contributed by atoms with Crippen LogP contribution in [-0.4, -0.2) is 23.9 Å². The van der Waals surface area contributed by atoms with E-state index in [9.17, 15) is 4.79 Å². The molecule has 0 unspecified atom stereocenters. The molecular weight excluding hydrogens is 282 g/mol. The highest BCUT2D eigenvalue weighted by Gasteiger charge is 2.17. The third-order valence-electron chi connectivity index (χ3n) is 2.24. The first-order chi connectivity index (χ1) is 8.10. The third-order valence-corrected chi connectivity index (χ3v) is 2.73. The molecular formula is C12H10BrN3O. The van der Waals surface area contributed by atoms with Crippen molar-refractivity contribution in [2.24, 2.45) is 0 Å². The minimum absolute atomic E-state index is 0.0850. The lowest BCUT2D eigenvalue weighted by Crippen LogP contribution is -2.32. The molecule has 0 atom stereocenters. The number of carbonyl (C=O) groups is 1. The van der Waals surface area contributed by atoms with E-state index < -0.39 is 0 Å². The second kappa shape index (κ2) is 6.03. The highest BCUT2D eigenvalue weighted by molar-refractivity contribution is 9.10. The summed E-state index contributed by atoms with van der Waals surface area (Å²) in [6.45, 7) is 1.65. The van der Waals surface area contributed by atoms with Crippen molar-refractivity contribution in [2.75, 3.05) is 13.1 Å². The molecule has 1 aromatic rings. The van der Waals surface area contributed by atoms with E-state index in [1.165, 1.54) is 4.90 Å². The Kier molecular flexibility index (Phi) is 4.68. The lowest BCUT2D eigenvalue weighted by molar-refractivity contribution is 0.0794. The van der Waals surface area contributed by atoms with Crippen molar-refractivity contribution in [3.8, 4) is 12.1 Å². The van der Waals surface area contributed by atoms with Gasteiger partial charge in [0.2, 0.25) is 0 Å². The summed E-state index contributed by atoms with van der Waals surface area (Å²) in [5, 5.41) is 17.2. The zero-order valence-corrected chi connectivity index (χ0v) is 10.9. The Bertz CT molecular complexity index is 497. The molecule has 1 amide bonds. The number of nitrogens with zero attached hydrogens (tertiary/aromatic N) is 3. The van der Waals surface area contributed by atoms with Crippen LogP contribution < -0.4 is 0 Å². The summed E-state index contributed by atoms with van der Waals surface area (Å²) < 4.78 is 0.792. The van der Waals surface area contributed by atoms with Crippen molar-refractivity contribution in [3.63, 3.8) is 0 Å². The minimum Gasteiger partial charge on any atom is -0.312 e. The molecule has 0 aliphatic rings. The highest BCUT2D eigenvalue weighted by Crippen LogP contribution is 2.17. The number of halogens is 1. The first kappa shape index (κ1) is 13.2.